The van der Waals surface area contributed by atoms with Gasteiger partial charge in [-0.1, -0.05) is 6.07 Å². The fraction of sp³-hybridized carbons (Fsp3) is 0.600. The Balaban J connectivity index is 1.95. The number of hydrogen-bond acceptors (Lipinski definition) is 4. The van der Waals surface area contributed by atoms with Crippen molar-refractivity contribution in [2.24, 2.45) is 0 Å². The van der Waals surface area contributed by atoms with Crippen molar-refractivity contribution in [2.45, 2.75) is 38.3 Å². The van der Waals surface area contributed by atoms with E-state index in [1.54, 1.807) is 7.11 Å². The third-order valence-electron chi connectivity index (χ3n) is 3.95. The zero-order chi connectivity index (χ0) is 13.8. The van der Waals surface area contributed by atoms with Crippen LogP contribution in [0.3, 0.4) is 0 Å². The first-order valence-electron chi connectivity index (χ1n) is 6.94. The van der Waals surface area contributed by atoms with Crippen LogP contribution in [0.2, 0.25) is 0 Å². The Morgan fingerprint density at radius 1 is 1.42 bits per heavy atom. The summed E-state index contributed by atoms with van der Waals surface area (Å²) in [4.78, 5) is 2.44. The van der Waals surface area contributed by atoms with Gasteiger partial charge in [0.15, 0.2) is 0 Å². The summed E-state index contributed by atoms with van der Waals surface area (Å²) in [6.45, 7) is 4.19. The number of benzene rings is 1. The molecule has 1 aliphatic rings. The maximum absolute atomic E-state index is 9.54. The van der Waals surface area contributed by atoms with E-state index in [2.05, 4.69) is 17.9 Å². The fourth-order valence-corrected chi connectivity index (χ4v) is 2.71. The predicted molar refractivity (Wildman–Crippen MR) is 77.4 cm³/mol. The summed E-state index contributed by atoms with van der Waals surface area (Å²) in [6, 6.07) is 6.47. The third kappa shape index (κ3) is 3.61. The summed E-state index contributed by atoms with van der Waals surface area (Å²) in [7, 11) is 1.63. The van der Waals surface area contributed by atoms with Crippen molar-refractivity contribution in [3.05, 3.63) is 23.8 Å². The molecule has 0 spiro atoms. The number of ether oxygens (including phenoxy) is 1. The maximum Gasteiger partial charge on any atom is 0.141 e. The minimum atomic E-state index is -0.111. The highest BCUT2D eigenvalue weighted by Gasteiger charge is 2.21. The van der Waals surface area contributed by atoms with Crippen LogP contribution >= 0.6 is 0 Å². The quantitative estimate of drug-likeness (QED) is 0.812. The van der Waals surface area contributed by atoms with Gasteiger partial charge in [-0.05, 0) is 43.9 Å². The van der Waals surface area contributed by atoms with Gasteiger partial charge in [-0.3, -0.25) is 0 Å². The van der Waals surface area contributed by atoms with Crippen molar-refractivity contribution in [1.29, 1.82) is 0 Å². The number of nitrogens with zero attached hydrogens (tertiary/aromatic N) is 1. The lowest BCUT2D eigenvalue weighted by Gasteiger charge is -2.34. The topological polar surface area (TPSA) is 58.7 Å². The van der Waals surface area contributed by atoms with E-state index in [1.807, 2.05) is 12.1 Å². The smallest absolute Gasteiger partial charge is 0.141 e. The van der Waals surface area contributed by atoms with Gasteiger partial charge in [-0.15, -0.1) is 0 Å². The molecule has 1 unspecified atom stereocenters. The Kier molecular flexibility index (Phi) is 4.66. The van der Waals surface area contributed by atoms with Gasteiger partial charge in [0, 0.05) is 19.1 Å². The van der Waals surface area contributed by atoms with Gasteiger partial charge in [0.2, 0.25) is 0 Å². The number of likely N-dealkylation sites (tertiary alicyclic amines) is 1. The van der Waals surface area contributed by atoms with E-state index < -0.39 is 0 Å². The second-order valence-electron chi connectivity index (χ2n) is 5.40. The number of aliphatic hydroxyl groups excluding tert-OH is 1. The molecular weight excluding hydrogens is 240 g/mol. The second-order valence-corrected chi connectivity index (χ2v) is 5.40. The molecule has 106 valence electrons. The molecule has 0 aromatic heterocycles. The normalized spacial score (nSPS) is 19.3. The molecule has 1 aromatic rings. The molecule has 1 aromatic carbocycles. The van der Waals surface area contributed by atoms with Crippen molar-refractivity contribution in [3.63, 3.8) is 0 Å². The summed E-state index contributed by atoms with van der Waals surface area (Å²) >= 11 is 0. The highest BCUT2D eigenvalue weighted by Crippen LogP contribution is 2.23. The minimum Gasteiger partial charge on any atom is -0.495 e. The van der Waals surface area contributed by atoms with Crippen molar-refractivity contribution < 1.29 is 9.84 Å². The first-order chi connectivity index (χ1) is 9.10. The molecule has 0 aliphatic carbocycles. The van der Waals surface area contributed by atoms with Gasteiger partial charge >= 0.3 is 0 Å². The van der Waals surface area contributed by atoms with Crippen LogP contribution in [-0.2, 0) is 6.42 Å². The van der Waals surface area contributed by atoms with Crippen molar-refractivity contribution in [2.75, 3.05) is 25.9 Å². The SMILES string of the molecule is COc1ccc(CC(C)N2CCC(O)CC2)cc1N. The molecule has 0 radical (unpaired) electrons. The lowest BCUT2D eigenvalue weighted by atomic mass is 10.0. The van der Waals surface area contributed by atoms with Crippen molar-refractivity contribution in [1.82, 2.24) is 4.90 Å². The first-order valence-corrected chi connectivity index (χ1v) is 6.94. The highest BCUT2D eigenvalue weighted by atomic mass is 16.5. The van der Waals surface area contributed by atoms with E-state index in [4.69, 9.17) is 10.5 Å². The Labute approximate surface area is 115 Å². The fourth-order valence-electron chi connectivity index (χ4n) is 2.71. The molecule has 1 heterocycles. The van der Waals surface area contributed by atoms with Crippen molar-refractivity contribution in [3.8, 4) is 5.75 Å². The number of hydrogen-bond donors (Lipinski definition) is 2. The van der Waals surface area contributed by atoms with Gasteiger partial charge in [0.25, 0.3) is 0 Å². The van der Waals surface area contributed by atoms with Crippen LogP contribution in [0.5, 0.6) is 5.75 Å². The molecule has 19 heavy (non-hydrogen) atoms. The Morgan fingerprint density at radius 3 is 2.68 bits per heavy atom. The van der Waals surface area contributed by atoms with E-state index >= 15 is 0 Å². The largest absolute Gasteiger partial charge is 0.495 e. The minimum absolute atomic E-state index is 0.111. The van der Waals surface area contributed by atoms with Gasteiger partial charge in [-0.2, -0.15) is 0 Å². The Morgan fingerprint density at radius 2 is 2.11 bits per heavy atom. The molecule has 2 rings (SSSR count). The van der Waals surface area contributed by atoms with Gasteiger partial charge < -0.3 is 20.5 Å². The molecule has 4 nitrogen and oxygen atoms in total. The molecule has 1 atom stereocenters. The van der Waals surface area contributed by atoms with Crippen LogP contribution in [0.1, 0.15) is 25.3 Å². The first kappa shape index (κ1) is 14.2. The van der Waals surface area contributed by atoms with E-state index in [0.717, 1.165) is 38.1 Å². The van der Waals surface area contributed by atoms with E-state index in [-0.39, 0.29) is 6.10 Å². The molecule has 3 N–H and O–H groups in total. The lowest BCUT2D eigenvalue weighted by molar-refractivity contribution is 0.0648. The predicted octanol–water partition coefficient (Wildman–Crippen LogP) is 1.67. The van der Waals surface area contributed by atoms with Gasteiger partial charge in [-0.25, -0.2) is 0 Å². The van der Waals surface area contributed by atoms with Crippen molar-refractivity contribution >= 4 is 5.69 Å². The molecule has 4 heteroatoms. The molecule has 0 saturated carbocycles. The van der Waals surface area contributed by atoms with Crippen LogP contribution in [0.25, 0.3) is 0 Å². The monoisotopic (exact) mass is 264 g/mol. The lowest BCUT2D eigenvalue weighted by Crippen LogP contribution is -2.42. The standard InChI is InChI=1S/C15H24N2O2/c1-11(17-7-5-13(18)6-8-17)9-12-3-4-15(19-2)14(16)10-12/h3-4,10-11,13,18H,5-9,16H2,1-2H3. The van der Waals surface area contributed by atoms with E-state index in [9.17, 15) is 5.11 Å². The number of methoxy groups -OCH3 is 1. The number of nitrogens with two attached hydrogens (primary N) is 1. The molecule has 1 saturated heterocycles. The zero-order valence-corrected chi connectivity index (χ0v) is 11.8. The summed E-state index contributed by atoms with van der Waals surface area (Å²) in [6.07, 6.45) is 2.63. The molecule has 0 amide bonds. The van der Waals surface area contributed by atoms with Gasteiger partial charge in [0.05, 0.1) is 18.9 Å². The Hall–Kier alpha value is -1.26. The van der Waals surface area contributed by atoms with Crippen LogP contribution < -0.4 is 10.5 Å². The molecule has 1 aliphatic heterocycles. The average molecular weight is 264 g/mol. The van der Waals surface area contributed by atoms with Crippen LogP contribution in [-0.4, -0.2) is 42.4 Å². The van der Waals surface area contributed by atoms with Gasteiger partial charge in [0.1, 0.15) is 5.75 Å². The number of anilines is 1. The maximum atomic E-state index is 9.54. The van der Waals surface area contributed by atoms with Crippen LogP contribution in [0.15, 0.2) is 18.2 Å². The summed E-state index contributed by atoms with van der Waals surface area (Å²) in [5, 5.41) is 9.54. The number of piperidine rings is 1. The summed E-state index contributed by atoms with van der Waals surface area (Å²) in [5.41, 5.74) is 7.86. The average Bonchev–Trinajstić information content (AvgIpc) is 2.39. The van der Waals surface area contributed by atoms with Crippen LogP contribution in [0.4, 0.5) is 5.69 Å². The highest BCUT2D eigenvalue weighted by molar-refractivity contribution is 5.54. The van der Waals surface area contributed by atoms with E-state index in [0.29, 0.717) is 11.7 Å². The number of aliphatic hydroxyl groups is 1. The Bertz CT molecular complexity index is 415. The number of nitrogen functional groups attached to an aromatic ring is 1. The molecule has 0 bridgehead atoms. The number of rotatable bonds is 4. The summed E-state index contributed by atoms with van der Waals surface area (Å²) < 4.78 is 5.17. The molecule has 1 fully saturated rings. The zero-order valence-electron chi connectivity index (χ0n) is 11.8. The summed E-state index contributed by atoms with van der Waals surface area (Å²) in [5.74, 6) is 0.734. The third-order valence-corrected chi connectivity index (χ3v) is 3.95. The second kappa shape index (κ2) is 6.26. The van der Waals surface area contributed by atoms with E-state index in [1.165, 1.54) is 5.56 Å². The van der Waals surface area contributed by atoms with Crippen LogP contribution in [0, 0.1) is 0 Å². The molecular formula is C15H24N2O2.